The molecule has 9 nitrogen and oxygen atoms in total. The van der Waals surface area contributed by atoms with Crippen molar-refractivity contribution in [2.75, 3.05) is 26.4 Å². The summed E-state index contributed by atoms with van der Waals surface area (Å²) in [6.45, 7) is 5.40. The molecule has 0 radical (unpaired) electrons. The number of para-hydroxylation sites is 4. The molecular weight excluding hydrogens is 576 g/mol. The smallest absolute Gasteiger partial charge is 0.344 e. The summed E-state index contributed by atoms with van der Waals surface area (Å²) in [5, 5.41) is 19.3. The van der Waals surface area contributed by atoms with E-state index in [1.807, 2.05) is 12.1 Å². The molecule has 0 spiro atoms. The average Bonchev–Trinajstić information content (AvgIpc) is 3.03. The molecule has 2 aromatic carbocycles. The van der Waals surface area contributed by atoms with Gasteiger partial charge in [0.1, 0.15) is 13.2 Å². The van der Waals surface area contributed by atoms with Gasteiger partial charge in [-0.05, 0) is 49.9 Å². The quantitative estimate of drug-likeness (QED) is 0.0894. The number of hydrogen-bond donors (Lipinski definition) is 2. The molecule has 252 valence electrons. The minimum absolute atomic E-state index is 0.244. The van der Waals surface area contributed by atoms with E-state index in [2.05, 4.69) is 13.8 Å². The largest absolute Gasteiger partial charge is 0.487 e. The van der Waals surface area contributed by atoms with Crippen LogP contribution < -0.4 is 18.9 Å². The van der Waals surface area contributed by atoms with Gasteiger partial charge in [-0.2, -0.15) is 0 Å². The summed E-state index contributed by atoms with van der Waals surface area (Å²) in [5.41, 5.74) is 0. The van der Waals surface area contributed by atoms with Crippen LogP contribution in [-0.2, 0) is 14.3 Å². The fourth-order valence-electron chi connectivity index (χ4n) is 4.85. The lowest BCUT2D eigenvalue weighted by atomic mass is 10.1. The Kier molecular flexibility index (Phi) is 20.0. The third kappa shape index (κ3) is 16.4. The summed E-state index contributed by atoms with van der Waals surface area (Å²) in [4.78, 5) is 23.6. The van der Waals surface area contributed by atoms with Crippen molar-refractivity contribution in [3.05, 3.63) is 48.5 Å². The molecule has 2 atom stereocenters. The topological polar surface area (TPSA) is 121 Å². The van der Waals surface area contributed by atoms with Gasteiger partial charge < -0.3 is 33.9 Å². The Morgan fingerprint density at radius 2 is 0.889 bits per heavy atom. The van der Waals surface area contributed by atoms with Gasteiger partial charge in [-0.1, -0.05) is 102 Å². The maximum atomic E-state index is 11.8. The molecule has 45 heavy (non-hydrogen) atoms. The van der Waals surface area contributed by atoms with Crippen molar-refractivity contribution >= 4 is 11.9 Å². The first-order valence-corrected chi connectivity index (χ1v) is 16.8. The first-order valence-electron chi connectivity index (χ1n) is 16.8. The molecule has 0 aliphatic carbocycles. The zero-order chi connectivity index (χ0) is 32.5. The molecule has 2 N–H and O–H groups in total. The zero-order valence-electron chi connectivity index (χ0n) is 27.3. The van der Waals surface area contributed by atoms with Crippen molar-refractivity contribution in [1.82, 2.24) is 0 Å². The number of carboxylic acid groups (broad SMARTS) is 2. The summed E-state index contributed by atoms with van der Waals surface area (Å²) in [6.07, 6.45) is 12.0. The molecule has 2 aromatic rings. The fourth-order valence-corrected chi connectivity index (χ4v) is 4.85. The summed E-state index contributed by atoms with van der Waals surface area (Å²) in [6, 6.07) is 14.1. The van der Waals surface area contributed by atoms with Crippen LogP contribution in [0.25, 0.3) is 0 Å². The maximum Gasteiger partial charge on any atom is 0.344 e. The normalized spacial score (nSPS) is 12.3. The zero-order valence-corrected chi connectivity index (χ0v) is 27.3. The Balaban J connectivity index is 1.73. The Labute approximate surface area is 269 Å². The van der Waals surface area contributed by atoms with Gasteiger partial charge in [0, 0.05) is 0 Å². The summed E-state index contributed by atoms with van der Waals surface area (Å²) in [5.74, 6) is -0.244. The Hall–Kier alpha value is -3.46. The molecule has 0 saturated heterocycles. The standard InChI is InChI=1S/C36H54O9/c1-3-5-7-9-11-13-23-33(35(37)38)44-31-21-17-15-19-29(31)42-27-25-41-26-28-43-30-20-16-18-22-32(30)45-34(36(39)40)24-14-12-10-8-6-4-2/h15-22,33-34H,3-14,23-28H2,1-2H3,(H,37,38)(H,39,40). The molecule has 9 heteroatoms. The first kappa shape index (κ1) is 37.7. The molecule has 0 aliphatic rings. The van der Waals surface area contributed by atoms with E-state index in [0.717, 1.165) is 38.5 Å². The van der Waals surface area contributed by atoms with Crippen LogP contribution in [0.4, 0.5) is 0 Å². The van der Waals surface area contributed by atoms with E-state index in [1.54, 1.807) is 36.4 Å². The van der Waals surface area contributed by atoms with Crippen molar-refractivity contribution in [3.63, 3.8) is 0 Å². The summed E-state index contributed by atoms with van der Waals surface area (Å²) >= 11 is 0. The maximum absolute atomic E-state index is 11.8. The van der Waals surface area contributed by atoms with E-state index in [0.29, 0.717) is 35.8 Å². The predicted molar refractivity (Wildman–Crippen MR) is 175 cm³/mol. The number of aliphatic carboxylic acids is 2. The number of carboxylic acids is 2. The second-order valence-corrected chi connectivity index (χ2v) is 11.2. The molecule has 0 bridgehead atoms. The SMILES string of the molecule is CCCCCCCCC(Oc1ccccc1OCCOCCOc1ccccc1OC(CCCCCCCC)C(=O)O)C(=O)O. The Morgan fingerprint density at radius 3 is 1.27 bits per heavy atom. The molecule has 0 heterocycles. The van der Waals surface area contributed by atoms with E-state index in [1.165, 1.54) is 38.5 Å². The first-order chi connectivity index (χ1) is 22.0. The van der Waals surface area contributed by atoms with Crippen LogP contribution in [0.2, 0.25) is 0 Å². The van der Waals surface area contributed by atoms with Gasteiger partial charge in [0.05, 0.1) is 13.2 Å². The molecule has 0 aliphatic heterocycles. The van der Waals surface area contributed by atoms with Crippen molar-refractivity contribution in [1.29, 1.82) is 0 Å². The third-order valence-corrected chi connectivity index (χ3v) is 7.40. The van der Waals surface area contributed by atoms with Crippen LogP contribution in [0.15, 0.2) is 48.5 Å². The highest BCUT2D eigenvalue weighted by molar-refractivity contribution is 5.73. The van der Waals surface area contributed by atoms with Crippen LogP contribution >= 0.6 is 0 Å². The van der Waals surface area contributed by atoms with Gasteiger partial charge in [0.15, 0.2) is 35.2 Å². The van der Waals surface area contributed by atoms with Crippen LogP contribution in [-0.4, -0.2) is 60.8 Å². The second-order valence-electron chi connectivity index (χ2n) is 11.2. The number of benzene rings is 2. The van der Waals surface area contributed by atoms with E-state index >= 15 is 0 Å². The lowest BCUT2D eigenvalue weighted by Gasteiger charge is -2.18. The van der Waals surface area contributed by atoms with Crippen LogP contribution in [0, 0.1) is 0 Å². The highest BCUT2D eigenvalue weighted by Crippen LogP contribution is 2.30. The molecule has 0 amide bonds. The van der Waals surface area contributed by atoms with E-state index in [9.17, 15) is 19.8 Å². The van der Waals surface area contributed by atoms with Gasteiger partial charge in [0.2, 0.25) is 0 Å². The lowest BCUT2D eigenvalue weighted by Crippen LogP contribution is -2.27. The molecule has 0 saturated carbocycles. The molecule has 0 aromatic heterocycles. The second kappa shape index (κ2) is 23.9. The molecular formula is C36H54O9. The fraction of sp³-hybridized carbons (Fsp3) is 0.611. The monoisotopic (exact) mass is 630 g/mol. The highest BCUT2D eigenvalue weighted by Gasteiger charge is 2.22. The number of carbonyl (C=O) groups is 2. The minimum Gasteiger partial charge on any atom is -0.487 e. The third-order valence-electron chi connectivity index (χ3n) is 7.40. The Morgan fingerprint density at radius 1 is 0.533 bits per heavy atom. The number of rotatable bonds is 28. The number of ether oxygens (including phenoxy) is 5. The van der Waals surface area contributed by atoms with Gasteiger partial charge in [-0.15, -0.1) is 0 Å². The number of hydrogen-bond acceptors (Lipinski definition) is 7. The minimum atomic E-state index is -0.982. The molecule has 0 fully saturated rings. The van der Waals surface area contributed by atoms with E-state index in [-0.39, 0.29) is 26.4 Å². The average molecular weight is 631 g/mol. The highest BCUT2D eigenvalue weighted by atomic mass is 16.6. The van der Waals surface area contributed by atoms with Crippen molar-refractivity contribution in [2.24, 2.45) is 0 Å². The van der Waals surface area contributed by atoms with Crippen molar-refractivity contribution < 1.29 is 43.5 Å². The Bertz CT molecular complexity index is 990. The van der Waals surface area contributed by atoms with Gasteiger partial charge in [-0.25, -0.2) is 9.59 Å². The molecule has 2 rings (SSSR count). The van der Waals surface area contributed by atoms with Gasteiger partial charge >= 0.3 is 11.9 Å². The van der Waals surface area contributed by atoms with Gasteiger partial charge in [0.25, 0.3) is 0 Å². The summed E-state index contributed by atoms with van der Waals surface area (Å²) < 4.78 is 29.0. The predicted octanol–water partition coefficient (Wildman–Crippen LogP) is 8.33. The van der Waals surface area contributed by atoms with E-state index in [4.69, 9.17) is 23.7 Å². The number of unbranched alkanes of at least 4 members (excludes halogenated alkanes) is 10. The lowest BCUT2D eigenvalue weighted by molar-refractivity contribution is -0.146. The van der Waals surface area contributed by atoms with Crippen LogP contribution in [0.1, 0.15) is 104 Å². The van der Waals surface area contributed by atoms with Crippen LogP contribution in [0.5, 0.6) is 23.0 Å². The van der Waals surface area contributed by atoms with Crippen molar-refractivity contribution in [3.8, 4) is 23.0 Å². The van der Waals surface area contributed by atoms with Crippen molar-refractivity contribution in [2.45, 2.75) is 116 Å². The molecule has 2 unspecified atom stereocenters. The summed E-state index contributed by atoms with van der Waals surface area (Å²) in [7, 11) is 0. The van der Waals surface area contributed by atoms with Gasteiger partial charge in [-0.3, -0.25) is 0 Å². The van der Waals surface area contributed by atoms with E-state index < -0.39 is 24.1 Å². The van der Waals surface area contributed by atoms with Crippen LogP contribution in [0.3, 0.4) is 0 Å².